The summed E-state index contributed by atoms with van der Waals surface area (Å²) in [6, 6.07) is 0. The van der Waals surface area contributed by atoms with E-state index in [4.69, 9.17) is 5.11 Å². The van der Waals surface area contributed by atoms with Gasteiger partial charge in [0.1, 0.15) is 6.26 Å². The van der Waals surface area contributed by atoms with Gasteiger partial charge in [0.05, 0.1) is 0 Å². The molecule has 7 heteroatoms. The summed E-state index contributed by atoms with van der Waals surface area (Å²) in [5.74, 6) is -1.31. The summed E-state index contributed by atoms with van der Waals surface area (Å²) in [6.07, 6.45) is -2.32. The van der Waals surface area contributed by atoms with Crippen molar-refractivity contribution in [3.63, 3.8) is 0 Å². The van der Waals surface area contributed by atoms with E-state index in [9.17, 15) is 13.6 Å². The third-order valence-corrected chi connectivity index (χ3v) is 1.04. The summed E-state index contributed by atoms with van der Waals surface area (Å²) < 4.78 is 31.9. The van der Waals surface area contributed by atoms with Crippen molar-refractivity contribution in [3.05, 3.63) is 12.0 Å². The van der Waals surface area contributed by atoms with Crippen LogP contribution in [0.3, 0.4) is 0 Å². The van der Waals surface area contributed by atoms with E-state index in [1.54, 1.807) is 0 Å². The number of carbonyl (C=O) groups is 1. The minimum Gasteiger partial charge on any atom is -0.476 e. The monoisotopic (exact) mass is 193 g/mol. The molecule has 1 N–H and O–H groups in total. The van der Waals surface area contributed by atoms with Gasteiger partial charge in [-0.2, -0.15) is 4.98 Å². The molecule has 0 aliphatic carbocycles. The van der Waals surface area contributed by atoms with Gasteiger partial charge in [-0.05, 0) is 0 Å². The van der Waals surface area contributed by atoms with Crippen LogP contribution in [0.2, 0.25) is 0 Å². The molecule has 1 aromatic rings. The van der Waals surface area contributed by atoms with Gasteiger partial charge < -0.3 is 14.3 Å². The van der Waals surface area contributed by atoms with Crippen molar-refractivity contribution in [2.24, 2.45) is 0 Å². The highest BCUT2D eigenvalue weighted by Gasteiger charge is 2.12. The predicted molar refractivity (Wildman–Crippen MR) is 35.0 cm³/mol. The maximum atomic E-state index is 11.6. The molecule has 0 radical (unpaired) electrons. The summed E-state index contributed by atoms with van der Waals surface area (Å²) in [6.45, 7) is -0.875. The van der Waals surface area contributed by atoms with Crippen LogP contribution in [-0.2, 0) is 0 Å². The highest BCUT2D eigenvalue weighted by Crippen LogP contribution is 2.10. The van der Waals surface area contributed by atoms with Crippen LogP contribution in [0.1, 0.15) is 10.5 Å². The van der Waals surface area contributed by atoms with Crippen molar-refractivity contribution in [2.45, 2.75) is 6.43 Å². The lowest BCUT2D eigenvalue weighted by molar-refractivity contribution is 0.0655. The third kappa shape index (κ3) is 2.69. The van der Waals surface area contributed by atoms with E-state index in [2.05, 4.69) is 14.1 Å². The lowest BCUT2D eigenvalue weighted by Crippen LogP contribution is -2.07. The molecular weight excluding hydrogens is 188 g/mol. The van der Waals surface area contributed by atoms with Crippen molar-refractivity contribution < 1.29 is 27.8 Å². The standard InChI is InChI=1S/C6H5F2NO4/c7-4(8)2-13-6-9-3(1-12-6)5(10)11/h1,4H,2H2,(H,10,11). The average molecular weight is 193 g/mol. The molecule has 0 aliphatic heterocycles. The van der Waals surface area contributed by atoms with Gasteiger partial charge in [-0.3, -0.25) is 0 Å². The van der Waals surface area contributed by atoms with Crippen molar-refractivity contribution in [1.82, 2.24) is 4.98 Å². The first kappa shape index (κ1) is 9.43. The second-order valence-electron chi connectivity index (χ2n) is 2.01. The van der Waals surface area contributed by atoms with Crippen molar-refractivity contribution in [3.8, 4) is 6.08 Å². The van der Waals surface area contributed by atoms with Crippen LogP contribution in [0.25, 0.3) is 0 Å². The molecular formula is C6H5F2NO4. The third-order valence-electron chi connectivity index (χ3n) is 1.04. The topological polar surface area (TPSA) is 72.6 Å². The number of hydrogen-bond acceptors (Lipinski definition) is 4. The highest BCUT2D eigenvalue weighted by molar-refractivity contribution is 5.84. The highest BCUT2D eigenvalue weighted by atomic mass is 19.3. The average Bonchev–Trinajstić information content (AvgIpc) is 2.48. The minimum atomic E-state index is -2.65. The quantitative estimate of drug-likeness (QED) is 0.772. The van der Waals surface area contributed by atoms with Gasteiger partial charge in [0, 0.05) is 0 Å². The Labute approximate surface area is 70.9 Å². The van der Waals surface area contributed by atoms with E-state index >= 15 is 0 Å². The first-order valence-corrected chi connectivity index (χ1v) is 3.19. The molecule has 0 saturated heterocycles. The van der Waals surface area contributed by atoms with Crippen LogP contribution in [0.15, 0.2) is 10.7 Å². The summed E-state index contributed by atoms with van der Waals surface area (Å²) in [5.41, 5.74) is -0.385. The van der Waals surface area contributed by atoms with Crippen LogP contribution in [0.4, 0.5) is 8.78 Å². The van der Waals surface area contributed by atoms with Gasteiger partial charge in [-0.1, -0.05) is 0 Å². The normalized spacial score (nSPS) is 10.4. The maximum Gasteiger partial charge on any atom is 0.394 e. The van der Waals surface area contributed by atoms with Crippen molar-refractivity contribution in [1.29, 1.82) is 0 Å². The Kier molecular flexibility index (Phi) is 2.78. The SMILES string of the molecule is O=C(O)c1coc(OCC(F)F)n1. The Morgan fingerprint density at radius 3 is 2.92 bits per heavy atom. The zero-order valence-electron chi connectivity index (χ0n) is 6.24. The van der Waals surface area contributed by atoms with Crippen LogP contribution >= 0.6 is 0 Å². The molecule has 5 nitrogen and oxygen atoms in total. The Hall–Kier alpha value is -1.66. The molecule has 72 valence electrons. The van der Waals surface area contributed by atoms with Crippen molar-refractivity contribution >= 4 is 5.97 Å². The first-order chi connectivity index (χ1) is 6.09. The Morgan fingerprint density at radius 1 is 1.77 bits per heavy atom. The van der Waals surface area contributed by atoms with Gasteiger partial charge in [0.25, 0.3) is 6.43 Å². The fourth-order valence-corrected chi connectivity index (χ4v) is 0.556. The summed E-state index contributed by atoms with van der Waals surface area (Å²) in [4.78, 5) is 13.5. The van der Waals surface area contributed by atoms with Crippen LogP contribution in [-0.4, -0.2) is 29.1 Å². The Bertz CT molecular complexity index is 299. The van der Waals surface area contributed by atoms with E-state index in [0.717, 1.165) is 6.26 Å². The van der Waals surface area contributed by atoms with Crippen LogP contribution in [0.5, 0.6) is 6.08 Å². The number of carboxylic acid groups (broad SMARTS) is 1. The molecule has 0 atom stereocenters. The van der Waals surface area contributed by atoms with Crippen LogP contribution in [0, 0.1) is 0 Å². The number of aromatic nitrogens is 1. The minimum absolute atomic E-state index is 0.385. The number of nitrogens with zero attached hydrogens (tertiary/aromatic N) is 1. The second-order valence-corrected chi connectivity index (χ2v) is 2.01. The number of ether oxygens (including phenoxy) is 1. The lowest BCUT2D eigenvalue weighted by Gasteiger charge is -1.97. The lowest BCUT2D eigenvalue weighted by atomic mass is 10.5. The molecule has 0 saturated carbocycles. The molecule has 1 rings (SSSR count). The zero-order chi connectivity index (χ0) is 9.84. The van der Waals surface area contributed by atoms with E-state index in [1.165, 1.54) is 0 Å². The molecule has 0 spiro atoms. The number of hydrogen-bond donors (Lipinski definition) is 1. The predicted octanol–water partition coefficient (Wildman–Crippen LogP) is 1.02. The van der Waals surface area contributed by atoms with E-state index < -0.39 is 25.1 Å². The number of aromatic carboxylic acids is 1. The zero-order valence-corrected chi connectivity index (χ0v) is 6.24. The smallest absolute Gasteiger partial charge is 0.394 e. The number of rotatable bonds is 4. The fraction of sp³-hybridized carbons (Fsp3) is 0.333. The molecule has 13 heavy (non-hydrogen) atoms. The Balaban J connectivity index is 2.54. The molecule has 0 amide bonds. The second kappa shape index (κ2) is 3.83. The molecule has 0 bridgehead atoms. The summed E-state index contributed by atoms with van der Waals surface area (Å²) in [5, 5.41) is 8.35. The molecule has 1 heterocycles. The van der Waals surface area contributed by atoms with E-state index in [0.29, 0.717) is 0 Å². The van der Waals surface area contributed by atoms with Gasteiger partial charge >= 0.3 is 12.0 Å². The molecule has 0 aliphatic rings. The van der Waals surface area contributed by atoms with E-state index in [-0.39, 0.29) is 5.69 Å². The molecule has 0 fully saturated rings. The van der Waals surface area contributed by atoms with Crippen LogP contribution < -0.4 is 4.74 Å². The summed E-state index contributed by atoms with van der Waals surface area (Å²) in [7, 11) is 0. The summed E-state index contributed by atoms with van der Waals surface area (Å²) >= 11 is 0. The Morgan fingerprint density at radius 2 is 2.46 bits per heavy atom. The largest absolute Gasteiger partial charge is 0.476 e. The van der Waals surface area contributed by atoms with E-state index in [1.807, 2.05) is 0 Å². The number of carboxylic acids is 1. The van der Waals surface area contributed by atoms with Gasteiger partial charge in [-0.15, -0.1) is 0 Å². The fourth-order valence-electron chi connectivity index (χ4n) is 0.556. The first-order valence-electron chi connectivity index (χ1n) is 3.19. The van der Waals surface area contributed by atoms with Crippen molar-refractivity contribution in [2.75, 3.05) is 6.61 Å². The van der Waals surface area contributed by atoms with Gasteiger partial charge in [0.2, 0.25) is 0 Å². The number of oxazole rings is 1. The van der Waals surface area contributed by atoms with Gasteiger partial charge in [0.15, 0.2) is 12.3 Å². The van der Waals surface area contributed by atoms with Gasteiger partial charge in [-0.25, -0.2) is 13.6 Å². The number of alkyl halides is 2. The molecule has 1 aromatic heterocycles. The maximum absolute atomic E-state index is 11.6. The molecule has 0 unspecified atom stereocenters. The molecule has 0 aromatic carbocycles. The number of halogens is 2.